The first-order chi connectivity index (χ1) is 12.2. The molecule has 128 valence electrons. The van der Waals surface area contributed by atoms with Gasteiger partial charge in [-0.15, -0.1) is 0 Å². The lowest BCUT2D eigenvalue weighted by Crippen LogP contribution is -2.41. The van der Waals surface area contributed by atoms with Gasteiger partial charge in [0.15, 0.2) is 5.78 Å². The molecule has 0 amide bonds. The Morgan fingerprint density at radius 1 is 1.20 bits per heavy atom. The molecule has 3 aromatic rings. The average molecular weight is 335 g/mol. The average Bonchev–Trinajstić information content (AvgIpc) is 3.08. The zero-order valence-corrected chi connectivity index (χ0v) is 14.3. The molecule has 6 heteroatoms. The third kappa shape index (κ3) is 3.44. The minimum atomic E-state index is -0.0221. The number of carbonyl (C=O) groups excluding carboxylic acids is 1. The third-order valence-corrected chi connectivity index (χ3v) is 4.72. The zero-order valence-electron chi connectivity index (χ0n) is 14.3. The van der Waals surface area contributed by atoms with Gasteiger partial charge < -0.3 is 5.32 Å². The highest BCUT2D eigenvalue weighted by Gasteiger charge is 2.21. The Hall–Kier alpha value is -2.60. The molecule has 1 fully saturated rings. The minimum absolute atomic E-state index is 0.0221. The molecular weight excluding hydrogens is 314 g/mol. The normalized spacial score (nSPS) is 17.7. The molecule has 0 radical (unpaired) electrons. The second-order valence-electron chi connectivity index (χ2n) is 6.64. The quantitative estimate of drug-likeness (QED) is 0.792. The summed E-state index contributed by atoms with van der Waals surface area (Å²) in [7, 11) is 1.89. The highest BCUT2D eigenvalue weighted by Crippen LogP contribution is 2.22. The number of hydrogen-bond acceptors (Lipinski definition) is 5. The minimum Gasteiger partial charge on any atom is -0.307 e. The van der Waals surface area contributed by atoms with Crippen molar-refractivity contribution in [3.63, 3.8) is 0 Å². The molecule has 1 atom stereocenters. The van der Waals surface area contributed by atoms with E-state index in [1.807, 2.05) is 31.7 Å². The van der Waals surface area contributed by atoms with Gasteiger partial charge in [0.2, 0.25) is 0 Å². The Morgan fingerprint density at radius 3 is 2.88 bits per heavy atom. The Morgan fingerprint density at radius 2 is 2.12 bits per heavy atom. The van der Waals surface area contributed by atoms with Crippen molar-refractivity contribution < 1.29 is 4.79 Å². The Kier molecular flexibility index (Phi) is 4.28. The predicted octanol–water partition coefficient (Wildman–Crippen LogP) is 2.28. The van der Waals surface area contributed by atoms with E-state index in [4.69, 9.17) is 0 Å². The number of ketones is 1. The van der Waals surface area contributed by atoms with E-state index in [1.165, 1.54) is 0 Å². The van der Waals surface area contributed by atoms with E-state index in [9.17, 15) is 4.79 Å². The summed E-state index contributed by atoms with van der Waals surface area (Å²) in [6.07, 6.45) is 10.9. The lowest BCUT2D eigenvalue weighted by molar-refractivity contribution is -0.121. The standard InChI is InChI=1S/C19H21N5O/c1-24-12-15(10-23-24)14-6-13-7-16(21-11-18(13)22-9-14)8-19(25)17-4-2-3-5-20-17/h6-7,9-12,17,20H,2-5,8H2,1H3/t17-/m0/s1. The number of aromatic nitrogens is 4. The van der Waals surface area contributed by atoms with Crippen LogP contribution in [0.4, 0.5) is 0 Å². The van der Waals surface area contributed by atoms with Crippen LogP contribution in [0.1, 0.15) is 25.0 Å². The number of rotatable bonds is 4. The first-order valence-electron chi connectivity index (χ1n) is 8.69. The Labute approximate surface area is 146 Å². The molecule has 0 spiro atoms. The summed E-state index contributed by atoms with van der Waals surface area (Å²) in [5, 5.41) is 8.51. The zero-order chi connectivity index (χ0) is 17.2. The van der Waals surface area contributed by atoms with E-state index in [-0.39, 0.29) is 11.8 Å². The molecule has 1 N–H and O–H groups in total. The van der Waals surface area contributed by atoms with Crippen LogP contribution in [-0.2, 0) is 18.3 Å². The number of hydrogen-bond donors (Lipinski definition) is 1. The van der Waals surface area contributed by atoms with Crippen LogP contribution in [0.15, 0.2) is 36.9 Å². The van der Waals surface area contributed by atoms with Gasteiger partial charge in [-0.3, -0.25) is 19.4 Å². The van der Waals surface area contributed by atoms with Gasteiger partial charge in [0, 0.05) is 41.6 Å². The molecule has 25 heavy (non-hydrogen) atoms. The number of pyridine rings is 2. The van der Waals surface area contributed by atoms with Crippen LogP contribution in [0, 0.1) is 0 Å². The first-order valence-corrected chi connectivity index (χ1v) is 8.69. The van der Waals surface area contributed by atoms with E-state index < -0.39 is 0 Å². The smallest absolute Gasteiger partial charge is 0.155 e. The van der Waals surface area contributed by atoms with Gasteiger partial charge in [0.25, 0.3) is 0 Å². The SMILES string of the molecule is Cn1cc(-c2cnc3cnc(CC(=O)[C@@H]4CCCCN4)cc3c2)cn1. The fourth-order valence-electron chi connectivity index (χ4n) is 3.33. The Balaban J connectivity index is 1.59. The number of piperidine rings is 1. The number of aryl methyl sites for hydroxylation is 1. The van der Waals surface area contributed by atoms with Crippen LogP contribution in [0.3, 0.4) is 0 Å². The number of nitrogens with zero attached hydrogens (tertiary/aromatic N) is 4. The van der Waals surface area contributed by atoms with Crippen molar-refractivity contribution in [1.29, 1.82) is 0 Å². The second-order valence-corrected chi connectivity index (χ2v) is 6.64. The Bertz CT molecular complexity index is 911. The van der Waals surface area contributed by atoms with Gasteiger partial charge in [-0.1, -0.05) is 6.42 Å². The maximum atomic E-state index is 12.5. The molecule has 4 heterocycles. The van der Waals surface area contributed by atoms with Crippen molar-refractivity contribution in [2.24, 2.45) is 7.05 Å². The molecule has 0 aromatic carbocycles. The molecule has 3 aromatic heterocycles. The summed E-state index contributed by atoms with van der Waals surface area (Å²) < 4.78 is 1.77. The predicted molar refractivity (Wildman–Crippen MR) is 96.1 cm³/mol. The molecule has 1 saturated heterocycles. The molecule has 0 unspecified atom stereocenters. The number of Topliss-reactive ketones (excluding diaryl/α,β-unsaturated/α-hetero) is 1. The third-order valence-electron chi connectivity index (χ3n) is 4.72. The van der Waals surface area contributed by atoms with Crippen molar-refractivity contribution in [2.45, 2.75) is 31.7 Å². The van der Waals surface area contributed by atoms with Crippen LogP contribution in [0.25, 0.3) is 22.0 Å². The first kappa shape index (κ1) is 15.9. The molecule has 0 bridgehead atoms. The van der Waals surface area contributed by atoms with Crippen molar-refractivity contribution >= 4 is 16.7 Å². The lowest BCUT2D eigenvalue weighted by atomic mass is 9.98. The van der Waals surface area contributed by atoms with Crippen molar-refractivity contribution in [3.05, 3.63) is 42.6 Å². The monoisotopic (exact) mass is 335 g/mol. The topological polar surface area (TPSA) is 72.7 Å². The summed E-state index contributed by atoms with van der Waals surface area (Å²) in [6.45, 7) is 0.931. The molecule has 6 nitrogen and oxygen atoms in total. The largest absolute Gasteiger partial charge is 0.307 e. The van der Waals surface area contributed by atoms with E-state index in [1.54, 1.807) is 10.9 Å². The number of carbonyl (C=O) groups is 1. The summed E-state index contributed by atoms with van der Waals surface area (Å²) in [5.41, 5.74) is 3.67. The van der Waals surface area contributed by atoms with Gasteiger partial charge in [0.05, 0.1) is 30.4 Å². The van der Waals surface area contributed by atoms with Crippen molar-refractivity contribution in [2.75, 3.05) is 6.54 Å². The van der Waals surface area contributed by atoms with Crippen LogP contribution in [-0.4, -0.2) is 38.1 Å². The van der Waals surface area contributed by atoms with Gasteiger partial charge in [0.1, 0.15) is 0 Å². The van der Waals surface area contributed by atoms with Gasteiger partial charge in [-0.05, 0) is 31.5 Å². The maximum absolute atomic E-state index is 12.5. The number of fused-ring (bicyclic) bond motifs is 1. The molecule has 0 aliphatic carbocycles. The molecule has 0 saturated carbocycles. The van der Waals surface area contributed by atoms with Gasteiger partial charge in [-0.25, -0.2) is 0 Å². The van der Waals surface area contributed by atoms with Crippen LogP contribution < -0.4 is 5.32 Å². The van der Waals surface area contributed by atoms with Crippen molar-refractivity contribution in [1.82, 2.24) is 25.1 Å². The summed E-state index contributed by atoms with van der Waals surface area (Å²) in [6, 6.07) is 4.03. The van der Waals surface area contributed by atoms with Crippen LogP contribution in [0.5, 0.6) is 0 Å². The van der Waals surface area contributed by atoms with E-state index >= 15 is 0 Å². The highest BCUT2D eigenvalue weighted by molar-refractivity contribution is 5.88. The van der Waals surface area contributed by atoms with Gasteiger partial charge >= 0.3 is 0 Å². The fraction of sp³-hybridized carbons (Fsp3) is 0.368. The van der Waals surface area contributed by atoms with Crippen LogP contribution >= 0.6 is 0 Å². The van der Waals surface area contributed by atoms with Crippen molar-refractivity contribution in [3.8, 4) is 11.1 Å². The van der Waals surface area contributed by atoms with E-state index in [2.05, 4.69) is 26.4 Å². The highest BCUT2D eigenvalue weighted by atomic mass is 16.1. The number of nitrogens with one attached hydrogen (secondary N) is 1. The second kappa shape index (κ2) is 6.72. The fourth-order valence-corrected chi connectivity index (χ4v) is 3.33. The van der Waals surface area contributed by atoms with Gasteiger partial charge in [-0.2, -0.15) is 5.10 Å². The van der Waals surface area contributed by atoms with E-state index in [0.717, 1.165) is 53.5 Å². The lowest BCUT2D eigenvalue weighted by Gasteiger charge is -2.22. The summed E-state index contributed by atoms with van der Waals surface area (Å²) >= 11 is 0. The molecule has 1 aliphatic heterocycles. The molecule has 4 rings (SSSR count). The molecular formula is C19H21N5O. The van der Waals surface area contributed by atoms with Crippen LogP contribution in [0.2, 0.25) is 0 Å². The summed E-state index contributed by atoms with van der Waals surface area (Å²) in [4.78, 5) is 21.4. The maximum Gasteiger partial charge on any atom is 0.155 e. The van der Waals surface area contributed by atoms with E-state index in [0.29, 0.717) is 6.42 Å². The summed E-state index contributed by atoms with van der Waals surface area (Å²) in [5.74, 6) is 0.225. The molecule has 1 aliphatic rings.